The van der Waals surface area contributed by atoms with Gasteiger partial charge in [-0.2, -0.15) is 5.26 Å². The summed E-state index contributed by atoms with van der Waals surface area (Å²) in [5, 5.41) is 16.7. The van der Waals surface area contributed by atoms with Crippen LogP contribution in [0.3, 0.4) is 0 Å². The SMILES string of the molecule is N#CP(P(P(P(P(P)P)P(P(P)P)P(P)P)P(P(P(P)P)P(P)P)P(P(P)P)P(P)P)P(P(P(P(P)P)P(P)P)P(P(P)P)P(P)P)P(P(P(P)P)P(P)P)P(P(P)P)P(P)P)P(P(P(P(P(P)P)P(P)P)P(P(P)P)P(P)P)P(P(P(P)P)P(P)P)P(P(P)P)P(P)P)P(P(P(P(P)P)P(P)P)P(P(P)P)P(P)P)P(P(P(P)P)P(P)P)P(P(P)P)P(P)P. The maximum Gasteiger partial charge on any atom is 0.0981 e. The zero-order chi connectivity index (χ0) is 98.9. The van der Waals surface area contributed by atoms with Crippen LogP contribution in [0.5, 0.6) is 0 Å². The normalized spacial score (nSPS) is 15.6. The Morgan fingerprint density at radius 1 is 0.0800 bits per heavy atom. The highest BCUT2D eigenvalue weighted by molar-refractivity contribution is 9.61. The fourth-order valence-electron chi connectivity index (χ4n) is 7.78. The number of hydrogen-bond acceptors (Lipinski definition) is 1. The van der Waals surface area contributed by atoms with Gasteiger partial charge in [0.1, 0.15) is 0 Å². The molecule has 1 nitrogen and oxygen atoms in total. The standard InChI is InChI=1S/CH124NP123/c2-1-65(97(115(114(96(63)64)99(66(3)4)67(5)6)119(100(68(7)8)69(9)10)101(70(11)12)71(13)14)116(120(102(72(15)16)73(17)18)103(74(19)20)75(21)22)121(104(76(23)24)77(25)26)105(78(27)28)79(29)30)98(117(122(106(80(31)32)81(33)34)107(82(35)36)83(37)38)123(108(84(39)40)85(41)42)109(86(43)44)87(45)46)118(124(110(88(47)48)89(49)50)111(90(51)52)91(53)54)125(112(92(55)56)93(57)58)113(94(59)60)95(61)62/h3-64H2. The quantitative estimate of drug-likeness (QED) is 0.0557. The maximum absolute atomic E-state index is 16.7. The first-order valence-corrected chi connectivity index (χ1v) is 253. The highest BCUT2D eigenvalue weighted by Crippen LogP contribution is 3.55. The van der Waals surface area contributed by atoms with Gasteiger partial charge in [-0.1, -0.05) is 0 Å². The van der Waals surface area contributed by atoms with Crippen LogP contribution in [-0.2, 0) is 0 Å². The van der Waals surface area contributed by atoms with E-state index in [1.165, 1.54) is 0 Å². The van der Waals surface area contributed by atoms with E-state index in [4.69, 9.17) is 5.81 Å². The van der Waals surface area contributed by atoms with Gasteiger partial charge in [-0.3, -0.25) is 0 Å². The molecule has 0 fully saturated rings. The molecule has 66 unspecified atom stereocenters. The second kappa shape index (κ2) is 97.1. The van der Waals surface area contributed by atoms with Crippen molar-refractivity contribution < 1.29 is 0 Å². The third-order valence-corrected chi connectivity index (χ3v) is 887. The Kier molecular flexibility index (Phi) is 138. The second-order valence-corrected chi connectivity index (χ2v) is 533. The summed E-state index contributed by atoms with van der Waals surface area (Å²) in [5.41, 5.74) is 0. The van der Waals surface area contributed by atoms with Crippen molar-refractivity contribution in [1.82, 2.24) is 0 Å². The molecule has 0 aliphatic heterocycles. The van der Waals surface area contributed by atoms with Gasteiger partial charge in [0.2, 0.25) is 0 Å². The molecule has 0 aromatic heterocycles. The van der Waals surface area contributed by atoms with Gasteiger partial charge in [-0.05, 0) is 377 Å². The van der Waals surface area contributed by atoms with Crippen molar-refractivity contribution in [3.63, 3.8) is 0 Å². The lowest BCUT2D eigenvalue weighted by atomic mass is 11.8. The fraction of sp³-hybridized carbons (Fsp3) is 0. The van der Waals surface area contributed by atoms with Gasteiger partial charge in [-0.25, -0.2) is 0 Å². The van der Waals surface area contributed by atoms with Crippen molar-refractivity contribution in [1.29, 1.82) is 5.26 Å². The predicted octanol–water partition coefficient (Wildman–Crippen LogP) is 72.7. The zero-order valence-corrected chi connectivity index (χ0v) is 190. The Morgan fingerprint density at radius 2 is 0.136 bits per heavy atom. The van der Waals surface area contributed by atoms with E-state index in [1.807, 2.05) is 0 Å². The van der Waals surface area contributed by atoms with E-state index in [2.05, 4.69) is 554 Å². The number of hydrogen-bond donors (Lipinski definition) is 0. The summed E-state index contributed by atoms with van der Waals surface area (Å²) in [6.45, 7) is -38.5. The summed E-state index contributed by atoms with van der Waals surface area (Å²) in [6.07, 6.45) is 0. The fourth-order valence-corrected chi connectivity index (χ4v) is 1850. The predicted molar refractivity (Wildman–Crippen MR) is 1030 cm³/mol. The Hall–Kier alpha value is 52.4. The van der Waals surface area contributed by atoms with Gasteiger partial charge < -0.3 is 0 Å². The van der Waals surface area contributed by atoms with Crippen molar-refractivity contribution in [3.05, 3.63) is 0 Å². The molecule has 0 N–H and O–H groups in total. The minimum Gasteiger partial charge on any atom is -0.193 e. The average Bonchev–Trinajstić information content (AvgIpc) is 0.706. The molecule has 0 saturated carbocycles. The van der Waals surface area contributed by atoms with Crippen LogP contribution in [0.4, 0.5) is 0 Å². The second-order valence-electron chi connectivity index (χ2n) is 20.0. The van der Waals surface area contributed by atoms with E-state index in [9.17, 15) is 0 Å². The highest BCUT2D eigenvalue weighted by Gasteiger charge is 2.69. The molecule has 0 aliphatic rings. The zero-order valence-electron chi connectivity index (χ0n) is 64.0. The summed E-state index contributed by atoms with van der Waals surface area (Å²) >= 11 is 0. The van der Waals surface area contributed by atoms with Crippen LogP contribution < -0.4 is 0 Å². The lowest BCUT2D eigenvalue weighted by molar-refractivity contribution is 1.57. The smallest absolute Gasteiger partial charge is 0.0981 e. The van der Waals surface area contributed by atoms with E-state index < -0.39 is 427 Å². The lowest BCUT2D eigenvalue weighted by Crippen LogP contribution is -1.78. The van der Waals surface area contributed by atoms with Crippen molar-refractivity contribution in [2.24, 2.45) is 0 Å². The summed E-state index contributed by atoms with van der Waals surface area (Å²) in [7, 11) is 236. The van der Waals surface area contributed by atoms with Crippen LogP contribution in [0.1, 0.15) is 0 Å². The molecule has 0 aliphatic carbocycles. The first-order chi connectivity index (χ1) is 56.9. The van der Waals surface area contributed by atoms with E-state index in [0.29, 0.717) is 0 Å². The molecular formula is CH124NP123. The molecular weight excluding hydrogens is 3840 g/mol. The molecule has 748 valence electrons. The molecule has 0 bridgehead atoms. The van der Waals surface area contributed by atoms with Crippen LogP contribution >= 0.6 is 980 Å². The number of nitrogens with zero attached hydrogens (tertiary/aromatic N) is 1. The minimum absolute atomic E-state index is 0.558. The van der Waals surface area contributed by atoms with Crippen LogP contribution in [0.15, 0.2) is 0 Å². The van der Waals surface area contributed by atoms with Crippen molar-refractivity contribution >= 4 is 980 Å². The van der Waals surface area contributed by atoms with Crippen LogP contribution in [0.2, 0.25) is 0 Å². The summed E-state index contributed by atoms with van der Waals surface area (Å²) in [5.74, 6) is 4.78. The number of nitriles is 1. The van der Waals surface area contributed by atoms with E-state index in [-0.39, 0.29) is 0 Å². The van der Waals surface area contributed by atoms with Gasteiger partial charge in [0.25, 0.3) is 0 Å². The molecule has 0 heterocycles. The first-order valence-electron chi connectivity index (χ1n) is 28.5. The molecule has 0 aromatic rings. The number of rotatable bonds is 60. The average molecular weight is 3960 g/mol. The molecule has 0 rings (SSSR count). The molecule has 125 heavy (non-hydrogen) atoms. The van der Waals surface area contributed by atoms with Gasteiger partial charge in [0.15, 0.2) is 0 Å². The first kappa shape index (κ1) is 177. The van der Waals surface area contributed by atoms with Crippen LogP contribution in [-0.4, -0.2) is 0 Å². The molecule has 66 atom stereocenters. The van der Waals surface area contributed by atoms with Crippen molar-refractivity contribution in [2.45, 2.75) is 0 Å². The molecule has 0 amide bonds. The molecule has 124 heteroatoms. The summed E-state index contributed by atoms with van der Waals surface area (Å²) in [6, 6.07) is 0. The maximum atomic E-state index is 16.7. The van der Waals surface area contributed by atoms with Crippen molar-refractivity contribution in [3.8, 4) is 5.81 Å². The minimum atomic E-state index is -1.44. The topological polar surface area (TPSA) is 23.8 Å². The third kappa shape index (κ3) is 61.9. The summed E-state index contributed by atoms with van der Waals surface area (Å²) < 4.78 is 0. The molecule has 0 spiro atoms. The molecule has 0 radical (unpaired) electrons. The lowest BCUT2D eigenvalue weighted by Gasteiger charge is -2.63. The largest absolute Gasteiger partial charge is 0.193 e. The van der Waals surface area contributed by atoms with E-state index in [0.717, 1.165) is 0 Å². The van der Waals surface area contributed by atoms with Gasteiger partial charge in [0, 0.05) is 41.9 Å². The van der Waals surface area contributed by atoms with Crippen molar-refractivity contribution in [2.75, 3.05) is 0 Å². The van der Waals surface area contributed by atoms with Gasteiger partial charge in [-0.15, -0.1) is 554 Å². The Bertz CT molecular complexity index is 2320. The molecule has 0 saturated heterocycles. The summed E-state index contributed by atoms with van der Waals surface area (Å²) in [4.78, 5) is 0. The Labute approximate surface area is 974 Å². The molecule has 0 aromatic carbocycles. The van der Waals surface area contributed by atoms with E-state index >= 15 is 5.26 Å². The Morgan fingerprint density at radius 3 is 0.200 bits per heavy atom. The third-order valence-electron chi connectivity index (χ3n) is 11.2. The van der Waals surface area contributed by atoms with Gasteiger partial charge in [0.05, 0.1) is 13.1 Å². The van der Waals surface area contributed by atoms with Crippen LogP contribution in [0, 0.1) is 11.1 Å². The highest BCUT2D eigenvalue weighted by atomic mass is 33.7. The van der Waals surface area contributed by atoms with Crippen LogP contribution in [0.25, 0.3) is 0 Å². The monoisotopic (exact) mass is 3960 g/mol. The Balaban J connectivity index is 16.3. The van der Waals surface area contributed by atoms with Gasteiger partial charge >= 0.3 is 0 Å². The van der Waals surface area contributed by atoms with E-state index in [1.54, 1.807) is 0 Å².